The van der Waals surface area contributed by atoms with Gasteiger partial charge in [-0.15, -0.1) is 0 Å². The van der Waals surface area contributed by atoms with Gasteiger partial charge in [-0.05, 0) is 64.0 Å². The summed E-state index contributed by atoms with van der Waals surface area (Å²) in [5.74, 6) is -0.519. The third-order valence-corrected chi connectivity index (χ3v) is 4.46. The maximum Gasteiger partial charge on any atom is 0.337 e. The average Bonchev–Trinajstić information content (AvgIpc) is 2.60. The van der Waals surface area contributed by atoms with Crippen LogP contribution in [-0.4, -0.2) is 49.1 Å². The smallest absolute Gasteiger partial charge is 0.337 e. The molecule has 23 heavy (non-hydrogen) atoms. The quantitative estimate of drug-likeness (QED) is 0.847. The minimum atomic E-state index is -0.400. The van der Waals surface area contributed by atoms with Crippen LogP contribution in [-0.2, 0) is 4.74 Å². The van der Waals surface area contributed by atoms with Gasteiger partial charge in [-0.3, -0.25) is 9.69 Å². The van der Waals surface area contributed by atoms with Gasteiger partial charge < -0.3 is 10.1 Å². The Morgan fingerprint density at radius 2 is 1.65 bits per heavy atom. The lowest BCUT2D eigenvalue weighted by atomic mass is 9.98. The van der Waals surface area contributed by atoms with Crippen LogP contribution < -0.4 is 5.32 Å². The number of methoxy groups -OCH3 is 1. The van der Waals surface area contributed by atoms with Crippen molar-refractivity contribution in [2.75, 3.05) is 26.7 Å². The van der Waals surface area contributed by atoms with E-state index in [4.69, 9.17) is 0 Å². The van der Waals surface area contributed by atoms with Crippen molar-refractivity contribution in [2.24, 2.45) is 0 Å². The third kappa shape index (κ3) is 4.55. The van der Waals surface area contributed by atoms with E-state index in [1.807, 2.05) is 0 Å². The molecule has 1 aromatic carbocycles. The minimum Gasteiger partial charge on any atom is -0.465 e. The lowest BCUT2D eigenvalue weighted by Crippen LogP contribution is -2.53. The van der Waals surface area contributed by atoms with Crippen molar-refractivity contribution in [3.63, 3.8) is 0 Å². The highest BCUT2D eigenvalue weighted by Gasteiger charge is 2.28. The van der Waals surface area contributed by atoms with Gasteiger partial charge in [0, 0.05) is 17.6 Å². The molecule has 1 heterocycles. The van der Waals surface area contributed by atoms with Crippen molar-refractivity contribution < 1.29 is 14.3 Å². The van der Waals surface area contributed by atoms with E-state index in [0.29, 0.717) is 17.7 Å². The van der Waals surface area contributed by atoms with Crippen molar-refractivity contribution in [1.82, 2.24) is 10.2 Å². The molecule has 1 amide bonds. The second-order valence-corrected chi connectivity index (χ2v) is 6.61. The van der Waals surface area contributed by atoms with Crippen molar-refractivity contribution >= 4 is 11.9 Å². The van der Waals surface area contributed by atoms with E-state index in [1.54, 1.807) is 24.3 Å². The Labute approximate surface area is 138 Å². The van der Waals surface area contributed by atoms with Crippen LogP contribution in [0.5, 0.6) is 0 Å². The standard InChI is InChI=1S/C18H26N2O3/c1-18(2,20-11-5-4-6-12-20)13-19-16(21)14-7-9-15(10-8-14)17(22)23-3/h7-10H,4-6,11-13H2,1-3H3,(H,19,21). The number of esters is 1. The second-order valence-electron chi connectivity index (χ2n) is 6.61. The number of ether oxygens (including phenoxy) is 1. The molecule has 0 bridgehead atoms. The first-order valence-corrected chi connectivity index (χ1v) is 8.16. The van der Waals surface area contributed by atoms with Gasteiger partial charge in [0.2, 0.25) is 0 Å². The first kappa shape index (κ1) is 17.5. The highest BCUT2D eigenvalue weighted by molar-refractivity contribution is 5.96. The summed E-state index contributed by atoms with van der Waals surface area (Å²) in [5, 5.41) is 3.00. The third-order valence-electron chi connectivity index (χ3n) is 4.46. The maximum absolute atomic E-state index is 12.3. The first-order valence-electron chi connectivity index (χ1n) is 8.16. The second kappa shape index (κ2) is 7.59. The monoisotopic (exact) mass is 318 g/mol. The van der Waals surface area contributed by atoms with Gasteiger partial charge in [0.15, 0.2) is 0 Å². The molecular weight excluding hydrogens is 292 g/mol. The zero-order valence-corrected chi connectivity index (χ0v) is 14.2. The van der Waals surface area contributed by atoms with Gasteiger partial charge in [-0.2, -0.15) is 0 Å². The molecular formula is C18H26N2O3. The van der Waals surface area contributed by atoms with Gasteiger partial charge in [0.05, 0.1) is 12.7 Å². The molecule has 1 aromatic rings. The summed E-state index contributed by atoms with van der Waals surface area (Å²) in [6.45, 7) is 7.12. The first-order chi connectivity index (χ1) is 10.9. The number of likely N-dealkylation sites (tertiary alicyclic amines) is 1. The van der Waals surface area contributed by atoms with Crippen LogP contribution in [0.25, 0.3) is 0 Å². The van der Waals surface area contributed by atoms with Crippen LogP contribution in [0.4, 0.5) is 0 Å². The summed E-state index contributed by atoms with van der Waals surface area (Å²) in [7, 11) is 1.34. The van der Waals surface area contributed by atoms with Gasteiger partial charge >= 0.3 is 5.97 Å². The Balaban J connectivity index is 1.92. The average molecular weight is 318 g/mol. The molecule has 2 rings (SSSR count). The molecule has 5 nitrogen and oxygen atoms in total. The van der Waals surface area contributed by atoms with Crippen LogP contribution in [0.1, 0.15) is 53.8 Å². The predicted molar refractivity (Wildman–Crippen MR) is 89.6 cm³/mol. The molecule has 1 saturated heterocycles. The van der Waals surface area contributed by atoms with Crippen LogP contribution in [0.3, 0.4) is 0 Å². The van der Waals surface area contributed by atoms with Crippen molar-refractivity contribution in [3.05, 3.63) is 35.4 Å². The number of amides is 1. The van der Waals surface area contributed by atoms with Crippen molar-refractivity contribution in [3.8, 4) is 0 Å². The Bertz CT molecular complexity index is 546. The Morgan fingerprint density at radius 1 is 1.09 bits per heavy atom. The molecule has 5 heteroatoms. The largest absolute Gasteiger partial charge is 0.465 e. The van der Waals surface area contributed by atoms with E-state index >= 15 is 0 Å². The number of hydrogen-bond acceptors (Lipinski definition) is 4. The molecule has 0 atom stereocenters. The zero-order chi connectivity index (χ0) is 16.9. The molecule has 0 aliphatic carbocycles. The molecule has 0 unspecified atom stereocenters. The predicted octanol–water partition coefficient (Wildman–Crippen LogP) is 2.47. The number of carbonyl (C=O) groups is 2. The number of carbonyl (C=O) groups excluding carboxylic acids is 2. The summed E-state index contributed by atoms with van der Waals surface area (Å²) in [6, 6.07) is 6.51. The fourth-order valence-corrected chi connectivity index (χ4v) is 2.89. The fraction of sp³-hybridized carbons (Fsp3) is 0.556. The van der Waals surface area contributed by atoms with Crippen LogP contribution in [0.2, 0.25) is 0 Å². The SMILES string of the molecule is COC(=O)c1ccc(C(=O)NCC(C)(C)N2CCCCC2)cc1. The zero-order valence-electron chi connectivity index (χ0n) is 14.2. The maximum atomic E-state index is 12.3. The van der Waals surface area contributed by atoms with Gasteiger partial charge in [-0.1, -0.05) is 6.42 Å². The molecule has 0 radical (unpaired) electrons. The topological polar surface area (TPSA) is 58.6 Å². The van der Waals surface area contributed by atoms with Gasteiger partial charge in [0.1, 0.15) is 0 Å². The number of hydrogen-bond donors (Lipinski definition) is 1. The lowest BCUT2D eigenvalue weighted by Gasteiger charge is -2.41. The molecule has 1 aliphatic rings. The van der Waals surface area contributed by atoms with Crippen LogP contribution in [0.15, 0.2) is 24.3 Å². The minimum absolute atomic E-state index is 0.0535. The summed E-state index contributed by atoms with van der Waals surface area (Å²) < 4.78 is 4.65. The molecule has 1 N–H and O–H groups in total. The molecule has 0 aromatic heterocycles. The van der Waals surface area contributed by atoms with Crippen LogP contribution >= 0.6 is 0 Å². The normalized spacial score (nSPS) is 16.0. The number of rotatable bonds is 5. The molecule has 1 aliphatic heterocycles. The summed E-state index contributed by atoms with van der Waals surface area (Å²) in [5.41, 5.74) is 0.937. The summed E-state index contributed by atoms with van der Waals surface area (Å²) >= 11 is 0. The summed E-state index contributed by atoms with van der Waals surface area (Å²) in [4.78, 5) is 26.1. The molecule has 0 spiro atoms. The fourth-order valence-electron chi connectivity index (χ4n) is 2.89. The summed E-state index contributed by atoms with van der Waals surface area (Å²) in [6.07, 6.45) is 3.75. The molecule has 0 saturated carbocycles. The van der Waals surface area contributed by atoms with E-state index in [9.17, 15) is 9.59 Å². The number of nitrogens with zero attached hydrogens (tertiary/aromatic N) is 1. The van der Waals surface area contributed by atoms with Gasteiger partial charge in [-0.25, -0.2) is 4.79 Å². The number of benzene rings is 1. The van der Waals surface area contributed by atoms with Gasteiger partial charge in [0.25, 0.3) is 5.91 Å². The van der Waals surface area contributed by atoms with E-state index in [2.05, 4.69) is 28.8 Å². The van der Waals surface area contributed by atoms with Crippen molar-refractivity contribution in [1.29, 1.82) is 0 Å². The molecule has 1 fully saturated rings. The van der Waals surface area contributed by atoms with E-state index in [0.717, 1.165) is 13.1 Å². The Morgan fingerprint density at radius 3 is 2.22 bits per heavy atom. The van der Waals surface area contributed by atoms with Crippen molar-refractivity contribution in [2.45, 2.75) is 38.6 Å². The Kier molecular flexibility index (Phi) is 5.77. The molecule has 126 valence electrons. The highest BCUT2D eigenvalue weighted by atomic mass is 16.5. The van der Waals surface area contributed by atoms with Crippen LogP contribution in [0, 0.1) is 0 Å². The number of piperidine rings is 1. The van der Waals surface area contributed by atoms with E-state index in [-0.39, 0.29) is 11.4 Å². The highest BCUT2D eigenvalue weighted by Crippen LogP contribution is 2.20. The van der Waals surface area contributed by atoms with E-state index < -0.39 is 5.97 Å². The Hall–Kier alpha value is -1.88. The van der Waals surface area contributed by atoms with E-state index in [1.165, 1.54) is 26.4 Å². The lowest BCUT2D eigenvalue weighted by molar-refractivity contribution is 0.0600. The number of nitrogens with one attached hydrogen (secondary N) is 1.